The molecule has 4 aromatic rings. The maximum Gasteiger partial charge on any atom is 0.416 e. The molecule has 0 saturated heterocycles. The van der Waals surface area contributed by atoms with Crippen LogP contribution in [0.15, 0.2) is 78.9 Å². The highest BCUT2D eigenvalue weighted by Crippen LogP contribution is 2.36. The first-order chi connectivity index (χ1) is 17.2. The van der Waals surface area contributed by atoms with Crippen LogP contribution in [0.5, 0.6) is 5.75 Å². The van der Waals surface area contributed by atoms with Gasteiger partial charge in [-0.05, 0) is 61.0 Å². The van der Waals surface area contributed by atoms with Gasteiger partial charge in [-0.1, -0.05) is 30.3 Å². The van der Waals surface area contributed by atoms with E-state index >= 15 is 0 Å². The standard InChI is InChI=1S/C26H24F3N5O2/c1-16(17-6-4-3-5-7-17)31-25(35)32-23-22(18-8-14-21(36-2)15-9-18)33-34(24(23)30)20-12-10-19(11-13-20)26(27,28)29/h3-16H,30H2,1-2H3,(H2,31,32,35)/t16-/m1/s1. The van der Waals surface area contributed by atoms with Gasteiger partial charge in [0.25, 0.3) is 0 Å². The lowest BCUT2D eigenvalue weighted by Crippen LogP contribution is -2.31. The summed E-state index contributed by atoms with van der Waals surface area (Å²) in [6.07, 6.45) is -4.47. The van der Waals surface area contributed by atoms with Crippen LogP contribution in [0, 0.1) is 0 Å². The van der Waals surface area contributed by atoms with Gasteiger partial charge in [0, 0.05) is 5.56 Å². The molecule has 0 aliphatic carbocycles. The Balaban J connectivity index is 1.69. The second-order valence-corrected chi connectivity index (χ2v) is 8.02. The lowest BCUT2D eigenvalue weighted by Gasteiger charge is -2.15. The Labute approximate surface area is 205 Å². The third-order valence-electron chi connectivity index (χ3n) is 5.61. The Morgan fingerprint density at radius 1 is 1.00 bits per heavy atom. The van der Waals surface area contributed by atoms with E-state index in [1.807, 2.05) is 37.3 Å². The molecule has 1 atom stereocenters. The molecule has 1 heterocycles. The minimum absolute atomic E-state index is 0.0584. The van der Waals surface area contributed by atoms with E-state index < -0.39 is 17.8 Å². The first kappa shape index (κ1) is 24.6. The van der Waals surface area contributed by atoms with Crippen molar-refractivity contribution in [1.82, 2.24) is 15.1 Å². The lowest BCUT2D eigenvalue weighted by molar-refractivity contribution is -0.137. The van der Waals surface area contributed by atoms with Crippen molar-refractivity contribution >= 4 is 17.5 Å². The number of hydrogen-bond donors (Lipinski definition) is 3. The molecule has 0 bridgehead atoms. The van der Waals surface area contributed by atoms with Crippen LogP contribution in [0.4, 0.5) is 29.5 Å². The van der Waals surface area contributed by atoms with Gasteiger partial charge in [-0.3, -0.25) is 0 Å². The molecular formula is C26H24F3N5O2. The molecule has 0 radical (unpaired) electrons. The Morgan fingerprint density at radius 2 is 1.64 bits per heavy atom. The number of benzene rings is 3. The predicted molar refractivity (Wildman–Crippen MR) is 132 cm³/mol. The van der Waals surface area contributed by atoms with Gasteiger partial charge in [-0.2, -0.15) is 18.3 Å². The summed E-state index contributed by atoms with van der Waals surface area (Å²) in [5.41, 5.74) is 7.97. The van der Waals surface area contributed by atoms with E-state index in [0.29, 0.717) is 22.7 Å². The summed E-state index contributed by atoms with van der Waals surface area (Å²) in [6.45, 7) is 1.84. The second kappa shape index (κ2) is 10.0. The maximum absolute atomic E-state index is 13.0. The summed E-state index contributed by atoms with van der Waals surface area (Å²) in [5.74, 6) is 0.681. The molecule has 186 valence electrons. The van der Waals surface area contributed by atoms with Crippen molar-refractivity contribution < 1.29 is 22.7 Å². The molecule has 0 aliphatic rings. The van der Waals surface area contributed by atoms with Crippen molar-refractivity contribution in [3.05, 3.63) is 90.0 Å². The van der Waals surface area contributed by atoms with E-state index in [1.165, 1.54) is 23.9 Å². The maximum atomic E-state index is 13.0. The van der Waals surface area contributed by atoms with Crippen LogP contribution >= 0.6 is 0 Å². The van der Waals surface area contributed by atoms with E-state index in [0.717, 1.165) is 17.7 Å². The number of hydrogen-bond acceptors (Lipinski definition) is 4. The predicted octanol–water partition coefficient (Wildman–Crippen LogP) is 6.03. The number of urea groups is 1. The molecule has 0 spiro atoms. The number of nitrogens with zero attached hydrogens (tertiary/aromatic N) is 2. The summed E-state index contributed by atoms with van der Waals surface area (Å²) in [7, 11) is 1.54. The Kier molecular flexibility index (Phi) is 6.86. The van der Waals surface area contributed by atoms with Gasteiger partial charge in [-0.15, -0.1) is 0 Å². The third kappa shape index (κ3) is 5.27. The van der Waals surface area contributed by atoms with Gasteiger partial charge < -0.3 is 21.1 Å². The van der Waals surface area contributed by atoms with E-state index in [-0.39, 0.29) is 17.5 Å². The normalized spacial score (nSPS) is 12.1. The zero-order chi connectivity index (χ0) is 25.9. The monoisotopic (exact) mass is 495 g/mol. The SMILES string of the molecule is COc1ccc(-c2nn(-c3ccc(C(F)(F)F)cc3)c(N)c2NC(=O)N[C@H](C)c2ccccc2)cc1. The highest BCUT2D eigenvalue weighted by molar-refractivity contribution is 5.98. The summed E-state index contributed by atoms with van der Waals surface area (Å²) < 4.78 is 45.5. The molecule has 0 saturated carbocycles. The molecule has 10 heteroatoms. The molecule has 0 unspecified atom stereocenters. The number of carbonyl (C=O) groups is 1. The fourth-order valence-corrected chi connectivity index (χ4v) is 3.67. The van der Waals surface area contributed by atoms with Crippen molar-refractivity contribution in [2.45, 2.75) is 19.1 Å². The molecular weight excluding hydrogens is 471 g/mol. The Morgan fingerprint density at radius 3 is 2.22 bits per heavy atom. The number of ether oxygens (including phenoxy) is 1. The highest BCUT2D eigenvalue weighted by Gasteiger charge is 2.30. The van der Waals surface area contributed by atoms with E-state index in [2.05, 4.69) is 15.7 Å². The first-order valence-electron chi connectivity index (χ1n) is 11.0. The van der Waals surface area contributed by atoms with Crippen molar-refractivity contribution in [2.24, 2.45) is 0 Å². The summed E-state index contributed by atoms with van der Waals surface area (Å²) in [5, 5.41) is 10.1. The second-order valence-electron chi connectivity index (χ2n) is 8.02. The van der Waals surface area contributed by atoms with Gasteiger partial charge in [0.2, 0.25) is 0 Å². The van der Waals surface area contributed by atoms with Gasteiger partial charge in [0.15, 0.2) is 5.82 Å². The fraction of sp³-hybridized carbons (Fsp3) is 0.154. The number of halogens is 3. The van der Waals surface area contributed by atoms with Gasteiger partial charge in [-0.25, -0.2) is 9.48 Å². The zero-order valence-corrected chi connectivity index (χ0v) is 19.5. The van der Waals surface area contributed by atoms with E-state index in [1.54, 1.807) is 24.3 Å². The average molecular weight is 496 g/mol. The van der Waals surface area contributed by atoms with Crippen LogP contribution in [0.25, 0.3) is 16.9 Å². The van der Waals surface area contributed by atoms with E-state index in [4.69, 9.17) is 10.5 Å². The van der Waals surface area contributed by atoms with Crippen molar-refractivity contribution in [3.8, 4) is 22.7 Å². The fourth-order valence-electron chi connectivity index (χ4n) is 3.67. The smallest absolute Gasteiger partial charge is 0.416 e. The van der Waals surface area contributed by atoms with Crippen LogP contribution < -0.4 is 21.1 Å². The Bertz CT molecular complexity index is 1340. The van der Waals surface area contributed by atoms with Crippen LogP contribution in [-0.2, 0) is 6.18 Å². The van der Waals surface area contributed by atoms with Crippen molar-refractivity contribution in [3.63, 3.8) is 0 Å². The minimum atomic E-state index is -4.47. The largest absolute Gasteiger partial charge is 0.497 e. The quantitative estimate of drug-likeness (QED) is 0.304. The highest BCUT2D eigenvalue weighted by atomic mass is 19.4. The number of amides is 2. The number of nitrogens with two attached hydrogens (primary N) is 1. The van der Waals surface area contributed by atoms with Gasteiger partial charge in [0.1, 0.15) is 17.1 Å². The number of carbonyl (C=O) groups excluding carboxylic acids is 1. The van der Waals surface area contributed by atoms with Crippen LogP contribution in [0.3, 0.4) is 0 Å². The number of anilines is 2. The zero-order valence-electron chi connectivity index (χ0n) is 19.5. The summed E-state index contributed by atoms with van der Waals surface area (Å²) in [4.78, 5) is 12.9. The number of nitrogen functional groups attached to an aromatic ring is 1. The summed E-state index contributed by atoms with van der Waals surface area (Å²) in [6, 6.07) is 20.0. The van der Waals surface area contributed by atoms with E-state index in [9.17, 15) is 18.0 Å². The molecule has 3 aromatic carbocycles. The number of nitrogens with one attached hydrogen (secondary N) is 2. The van der Waals surface area contributed by atoms with Gasteiger partial charge >= 0.3 is 12.2 Å². The molecule has 2 amide bonds. The Hall–Kier alpha value is -4.47. The number of aromatic nitrogens is 2. The van der Waals surface area contributed by atoms with Gasteiger partial charge in [0.05, 0.1) is 24.4 Å². The summed E-state index contributed by atoms with van der Waals surface area (Å²) >= 11 is 0. The molecule has 0 aliphatic heterocycles. The number of methoxy groups -OCH3 is 1. The van der Waals surface area contributed by atoms with Crippen molar-refractivity contribution in [1.29, 1.82) is 0 Å². The number of rotatable bonds is 6. The molecule has 0 fully saturated rings. The lowest BCUT2D eigenvalue weighted by atomic mass is 10.1. The first-order valence-corrected chi connectivity index (χ1v) is 11.0. The van der Waals surface area contributed by atoms with Crippen LogP contribution in [0.1, 0.15) is 24.1 Å². The molecule has 4 N–H and O–H groups in total. The molecule has 7 nitrogen and oxygen atoms in total. The number of alkyl halides is 3. The molecule has 1 aromatic heterocycles. The van der Waals surface area contributed by atoms with Crippen LogP contribution in [-0.4, -0.2) is 22.9 Å². The van der Waals surface area contributed by atoms with Crippen LogP contribution in [0.2, 0.25) is 0 Å². The third-order valence-corrected chi connectivity index (χ3v) is 5.61. The molecule has 36 heavy (non-hydrogen) atoms. The average Bonchev–Trinajstić information content (AvgIpc) is 3.19. The minimum Gasteiger partial charge on any atom is -0.497 e. The van der Waals surface area contributed by atoms with Crippen molar-refractivity contribution in [2.75, 3.05) is 18.2 Å². The topological polar surface area (TPSA) is 94.2 Å². The molecule has 4 rings (SSSR count).